The molecule has 1 unspecified atom stereocenters. The average molecular weight is 269 g/mol. The standard InChI is InChI=1S/C19H27N/c1-16(20)9-5-3-2-4-6-10-17-13-14-18-11-7-8-12-19(18)15-17/h7-8,11-16H,2-6,9-10,20H2,1H3. The van der Waals surface area contributed by atoms with Crippen LogP contribution in [0.15, 0.2) is 42.5 Å². The summed E-state index contributed by atoms with van der Waals surface area (Å²) in [5.41, 5.74) is 7.23. The number of hydrogen-bond donors (Lipinski definition) is 1. The van der Waals surface area contributed by atoms with Crippen LogP contribution in [-0.4, -0.2) is 6.04 Å². The van der Waals surface area contributed by atoms with Gasteiger partial charge in [-0.15, -0.1) is 0 Å². The van der Waals surface area contributed by atoms with Crippen molar-refractivity contribution in [2.24, 2.45) is 5.73 Å². The number of aryl methyl sites for hydroxylation is 1. The maximum absolute atomic E-state index is 5.75. The van der Waals surface area contributed by atoms with Gasteiger partial charge in [0.1, 0.15) is 0 Å². The molecule has 0 aliphatic carbocycles. The molecule has 0 fully saturated rings. The molecule has 0 aromatic heterocycles. The summed E-state index contributed by atoms with van der Waals surface area (Å²) >= 11 is 0. The molecule has 2 aromatic carbocycles. The molecule has 0 spiro atoms. The topological polar surface area (TPSA) is 26.0 Å². The van der Waals surface area contributed by atoms with E-state index in [1.807, 2.05) is 0 Å². The van der Waals surface area contributed by atoms with Gasteiger partial charge in [0, 0.05) is 6.04 Å². The van der Waals surface area contributed by atoms with Crippen molar-refractivity contribution >= 4 is 10.8 Å². The summed E-state index contributed by atoms with van der Waals surface area (Å²) in [6.07, 6.45) is 8.98. The highest BCUT2D eigenvalue weighted by atomic mass is 14.6. The van der Waals surface area contributed by atoms with Gasteiger partial charge >= 0.3 is 0 Å². The summed E-state index contributed by atoms with van der Waals surface area (Å²) in [6.45, 7) is 2.10. The Kier molecular flexibility index (Phi) is 6.07. The van der Waals surface area contributed by atoms with E-state index in [1.54, 1.807) is 0 Å². The fraction of sp³-hybridized carbons (Fsp3) is 0.474. The molecule has 0 radical (unpaired) electrons. The van der Waals surface area contributed by atoms with Crippen LogP contribution in [0.3, 0.4) is 0 Å². The normalized spacial score (nSPS) is 12.7. The Balaban J connectivity index is 1.68. The molecule has 1 heteroatoms. The van der Waals surface area contributed by atoms with Gasteiger partial charge in [0.25, 0.3) is 0 Å². The van der Waals surface area contributed by atoms with Gasteiger partial charge in [-0.25, -0.2) is 0 Å². The fourth-order valence-corrected chi connectivity index (χ4v) is 2.72. The molecule has 2 aromatic rings. The quantitative estimate of drug-likeness (QED) is 0.665. The predicted octanol–water partition coefficient (Wildman–Crippen LogP) is 5.07. The van der Waals surface area contributed by atoms with Gasteiger partial charge in [-0.1, -0.05) is 68.1 Å². The lowest BCUT2D eigenvalue weighted by Crippen LogP contribution is -2.13. The minimum absolute atomic E-state index is 0.368. The van der Waals surface area contributed by atoms with Crippen molar-refractivity contribution in [1.82, 2.24) is 0 Å². The van der Waals surface area contributed by atoms with Gasteiger partial charge in [0.2, 0.25) is 0 Å². The van der Waals surface area contributed by atoms with Crippen LogP contribution < -0.4 is 5.73 Å². The van der Waals surface area contributed by atoms with Gasteiger partial charge < -0.3 is 5.73 Å². The Morgan fingerprint density at radius 3 is 2.35 bits per heavy atom. The maximum atomic E-state index is 5.75. The first-order valence-corrected chi connectivity index (χ1v) is 7.99. The van der Waals surface area contributed by atoms with E-state index >= 15 is 0 Å². The molecule has 2 N–H and O–H groups in total. The van der Waals surface area contributed by atoms with E-state index in [9.17, 15) is 0 Å². The van der Waals surface area contributed by atoms with E-state index in [1.165, 1.54) is 61.3 Å². The van der Waals surface area contributed by atoms with Crippen molar-refractivity contribution < 1.29 is 0 Å². The van der Waals surface area contributed by atoms with Gasteiger partial charge in [0.15, 0.2) is 0 Å². The van der Waals surface area contributed by atoms with Crippen LogP contribution in [0.5, 0.6) is 0 Å². The van der Waals surface area contributed by atoms with Crippen molar-refractivity contribution in [2.75, 3.05) is 0 Å². The summed E-state index contributed by atoms with van der Waals surface area (Å²) in [7, 11) is 0. The van der Waals surface area contributed by atoms with Gasteiger partial charge in [-0.3, -0.25) is 0 Å². The molecule has 108 valence electrons. The highest BCUT2D eigenvalue weighted by Crippen LogP contribution is 2.17. The Morgan fingerprint density at radius 1 is 0.850 bits per heavy atom. The number of hydrogen-bond acceptors (Lipinski definition) is 1. The van der Waals surface area contributed by atoms with Crippen molar-refractivity contribution in [3.05, 3.63) is 48.0 Å². The van der Waals surface area contributed by atoms with E-state index in [-0.39, 0.29) is 0 Å². The third-order valence-corrected chi connectivity index (χ3v) is 3.94. The monoisotopic (exact) mass is 269 g/mol. The van der Waals surface area contributed by atoms with E-state index in [2.05, 4.69) is 49.4 Å². The molecule has 2 rings (SSSR count). The summed E-state index contributed by atoms with van der Waals surface area (Å²) < 4.78 is 0. The van der Waals surface area contributed by atoms with E-state index in [4.69, 9.17) is 5.73 Å². The van der Waals surface area contributed by atoms with E-state index in [0.717, 1.165) is 0 Å². The molecule has 20 heavy (non-hydrogen) atoms. The highest BCUT2D eigenvalue weighted by molar-refractivity contribution is 5.82. The summed E-state index contributed by atoms with van der Waals surface area (Å²) in [5, 5.41) is 2.70. The van der Waals surface area contributed by atoms with Gasteiger partial charge in [-0.05, 0) is 42.5 Å². The molecule has 1 nitrogen and oxygen atoms in total. The number of fused-ring (bicyclic) bond motifs is 1. The van der Waals surface area contributed by atoms with Gasteiger partial charge in [0.05, 0.1) is 0 Å². The highest BCUT2D eigenvalue weighted by Gasteiger charge is 1.98. The van der Waals surface area contributed by atoms with Crippen molar-refractivity contribution in [3.63, 3.8) is 0 Å². The zero-order valence-corrected chi connectivity index (χ0v) is 12.6. The SMILES string of the molecule is CC(N)CCCCCCCc1ccc2ccccc2c1. The summed E-state index contributed by atoms with van der Waals surface area (Å²) in [4.78, 5) is 0. The summed E-state index contributed by atoms with van der Waals surface area (Å²) in [6, 6.07) is 15.8. The van der Waals surface area contributed by atoms with Crippen LogP contribution in [0.4, 0.5) is 0 Å². The first kappa shape index (κ1) is 15.1. The van der Waals surface area contributed by atoms with Crippen LogP contribution in [0.25, 0.3) is 10.8 Å². The number of rotatable bonds is 8. The van der Waals surface area contributed by atoms with Crippen LogP contribution in [-0.2, 0) is 6.42 Å². The molecule has 0 heterocycles. The van der Waals surface area contributed by atoms with Crippen molar-refractivity contribution in [1.29, 1.82) is 0 Å². The second kappa shape index (κ2) is 8.06. The molecular formula is C19H27N. The molecule has 0 saturated carbocycles. The summed E-state index contributed by atoms with van der Waals surface area (Å²) in [5.74, 6) is 0. The Labute approximate surface area is 123 Å². The zero-order valence-electron chi connectivity index (χ0n) is 12.6. The molecule has 0 aliphatic rings. The van der Waals surface area contributed by atoms with E-state index < -0.39 is 0 Å². The minimum atomic E-state index is 0.368. The van der Waals surface area contributed by atoms with Crippen LogP contribution >= 0.6 is 0 Å². The second-order valence-corrected chi connectivity index (χ2v) is 5.97. The Hall–Kier alpha value is -1.34. The largest absolute Gasteiger partial charge is 0.328 e. The molecule has 0 saturated heterocycles. The Bertz CT molecular complexity index is 516. The molecule has 0 aliphatic heterocycles. The average Bonchev–Trinajstić information content (AvgIpc) is 2.46. The zero-order chi connectivity index (χ0) is 14.2. The third-order valence-electron chi connectivity index (χ3n) is 3.94. The predicted molar refractivity (Wildman–Crippen MR) is 89.0 cm³/mol. The van der Waals surface area contributed by atoms with Crippen LogP contribution in [0, 0.1) is 0 Å². The molecule has 0 bridgehead atoms. The van der Waals surface area contributed by atoms with Crippen molar-refractivity contribution in [3.8, 4) is 0 Å². The number of unbranched alkanes of at least 4 members (excludes halogenated alkanes) is 4. The second-order valence-electron chi connectivity index (χ2n) is 5.97. The van der Waals surface area contributed by atoms with Crippen molar-refractivity contribution in [2.45, 2.75) is 57.9 Å². The lowest BCUT2D eigenvalue weighted by molar-refractivity contribution is 0.556. The lowest BCUT2D eigenvalue weighted by Gasteiger charge is -2.05. The molecule has 0 amide bonds. The van der Waals surface area contributed by atoms with Crippen LogP contribution in [0.1, 0.15) is 51.0 Å². The maximum Gasteiger partial charge on any atom is 0.00104 e. The van der Waals surface area contributed by atoms with E-state index in [0.29, 0.717) is 6.04 Å². The minimum Gasteiger partial charge on any atom is -0.328 e. The number of benzene rings is 2. The van der Waals surface area contributed by atoms with Gasteiger partial charge in [-0.2, -0.15) is 0 Å². The first-order chi connectivity index (χ1) is 9.75. The smallest absolute Gasteiger partial charge is 0.00104 e. The lowest BCUT2D eigenvalue weighted by atomic mass is 10.0. The molecular weight excluding hydrogens is 242 g/mol. The Morgan fingerprint density at radius 2 is 1.55 bits per heavy atom. The first-order valence-electron chi connectivity index (χ1n) is 7.99. The molecule has 1 atom stereocenters. The fourth-order valence-electron chi connectivity index (χ4n) is 2.72. The van der Waals surface area contributed by atoms with Crippen LogP contribution in [0.2, 0.25) is 0 Å². The third kappa shape index (κ3) is 4.97. The number of nitrogens with two attached hydrogens (primary N) is 1.